The van der Waals surface area contributed by atoms with Crippen LogP contribution in [0, 0.1) is 21.4 Å². The van der Waals surface area contributed by atoms with Gasteiger partial charge in [-0.05, 0) is 103 Å². The number of ether oxygens (including phenoxy) is 2. The molecule has 3 aliphatic rings. The molecule has 3 aromatic carbocycles. The summed E-state index contributed by atoms with van der Waals surface area (Å²) < 4.78 is 41.5. The number of nitrogens with one attached hydrogen (secondary N) is 3. The number of aliphatic hydroxyl groups is 1. The van der Waals surface area contributed by atoms with Gasteiger partial charge in [-0.1, -0.05) is 43.2 Å². The lowest BCUT2D eigenvalue weighted by Crippen LogP contribution is -2.47. The number of benzene rings is 3. The summed E-state index contributed by atoms with van der Waals surface area (Å²) in [5.74, 6) is 0.909. The van der Waals surface area contributed by atoms with Crippen LogP contribution in [0.1, 0.15) is 63.3 Å². The number of aromatic nitrogens is 2. The number of sulfonamides is 1. The fraction of sp³-hybridized carbons (Fsp3) is 0.400. The van der Waals surface area contributed by atoms with Gasteiger partial charge >= 0.3 is 0 Å². The predicted octanol–water partition coefficient (Wildman–Crippen LogP) is 8.51. The van der Waals surface area contributed by atoms with E-state index in [0.29, 0.717) is 31.2 Å². The molecule has 4 N–H and O–H groups in total. The van der Waals surface area contributed by atoms with Gasteiger partial charge in [0.2, 0.25) is 10.0 Å². The molecule has 14 nitrogen and oxygen atoms in total. The number of piperazine rings is 1. The molecule has 5 aromatic rings. The Kier molecular flexibility index (Phi) is 12.7. The minimum absolute atomic E-state index is 0.159. The Morgan fingerprint density at radius 1 is 1.05 bits per heavy atom. The van der Waals surface area contributed by atoms with Gasteiger partial charge in [0.1, 0.15) is 29.1 Å². The summed E-state index contributed by atoms with van der Waals surface area (Å²) in [5, 5.41) is 28.3. The molecule has 1 aliphatic carbocycles. The minimum atomic E-state index is -4.45. The van der Waals surface area contributed by atoms with Crippen molar-refractivity contribution in [2.75, 3.05) is 62.7 Å². The number of H-pyrrole nitrogens is 1. The van der Waals surface area contributed by atoms with Crippen LogP contribution in [-0.2, 0) is 14.8 Å². The summed E-state index contributed by atoms with van der Waals surface area (Å²) in [7, 11) is -4.45. The van der Waals surface area contributed by atoms with Crippen LogP contribution < -0.4 is 19.7 Å². The molecule has 2 aromatic heterocycles. The highest BCUT2D eigenvalue weighted by Crippen LogP contribution is 2.44. The van der Waals surface area contributed by atoms with Crippen molar-refractivity contribution < 1.29 is 27.9 Å². The maximum Gasteiger partial charge on any atom is 0.293 e. The van der Waals surface area contributed by atoms with Crippen molar-refractivity contribution in [2.45, 2.75) is 57.1 Å². The second kappa shape index (κ2) is 18.1. The van der Waals surface area contributed by atoms with Gasteiger partial charge in [0, 0.05) is 92.5 Å². The van der Waals surface area contributed by atoms with Crippen molar-refractivity contribution in [2.24, 2.45) is 11.3 Å². The number of hydrogen-bond acceptors (Lipinski definition) is 11. The van der Waals surface area contributed by atoms with Gasteiger partial charge in [-0.2, -0.15) is 4.72 Å². The Hall–Kier alpha value is -5.03. The third-order valence-corrected chi connectivity index (χ3v) is 13.7. The molecule has 1 unspecified atom stereocenters. The highest BCUT2D eigenvalue weighted by Gasteiger charge is 2.31. The van der Waals surface area contributed by atoms with Gasteiger partial charge in [0.25, 0.3) is 5.69 Å². The van der Waals surface area contributed by atoms with Crippen molar-refractivity contribution in [3.05, 3.63) is 117 Å². The fourth-order valence-corrected chi connectivity index (χ4v) is 9.69. The van der Waals surface area contributed by atoms with Crippen LogP contribution in [0.5, 0.6) is 11.5 Å². The molecule has 16 heteroatoms. The summed E-state index contributed by atoms with van der Waals surface area (Å²) in [6.45, 7) is 10.5. The van der Waals surface area contributed by atoms with Gasteiger partial charge in [0.15, 0.2) is 0 Å². The molecule has 322 valence electrons. The molecular weight excluding hydrogens is 818 g/mol. The summed E-state index contributed by atoms with van der Waals surface area (Å²) >= 11 is 6.24. The average Bonchev–Trinajstić information content (AvgIpc) is 3.72. The Labute approximate surface area is 361 Å². The van der Waals surface area contributed by atoms with E-state index < -0.39 is 21.2 Å². The minimum Gasteiger partial charge on any atom is -0.455 e. The Morgan fingerprint density at radius 3 is 2.57 bits per heavy atom. The number of hydrogen-bond donors (Lipinski definition) is 4. The number of rotatable bonds is 14. The van der Waals surface area contributed by atoms with Crippen LogP contribution >= 0.6 is 11.6 Å². The number of allylic oxidation sites excluding steroid dienone is 1. The van der Waals surface area contributed by atoms with Gasteiger partial charge in [-0.3, -0.25) is 15.0 Å². The second-order valence-corrected chi connectivity index (χ2v) is 19.2. The number of nitro benzene ring substituents is 1. The Morgan fingerprint density at radius 2 is 1.82 bits per heavy atom. The van der Waals surface area contributed by atoms with Gasteiger partial charge < -0.3 is 29.8 Å². The quantitative estimate of drug-likeness (QED) is 0.0479. The van der Waals surface area contributed by atoms with Crippen LogP contribution in [0.4, 0.5) is 17.1 Å². The van der Waals surface area contributed by atoms with E-state index in [1.807, 2.05) is 24.3 Å². The first-order chi connectivity index (χ1) is 29.3. The van der Waals surface area contributed by atoms with Crippen molar-refractivity contribution in [1.29, 1.82) is 0 Å². The number of nitro groups is 1. The number of aliphatic hydroxyl groups excluding tert-OH is 1. The zero-order valence-electron chi connectivity index (χ0n) is 34.4. The third kappa shape index (κ3) is 10.2. The number of nitrogens with zero attached hydrogens (tertiary/aromatic N) is 4. The average molecular weight is 870 g/mol. The maximum absolute atomic E-state index is 13.7. The van der Waals surface area contributed by atoms with Gasteiger partial charge in [0.05, 0.1) is 16.0 Å². The first kappa shape index (κ1) is 42.7. The molecule has 2 aliphatic heterocycles. The number of aromatic amines is 1. The number of halogens is 1. The Bertz CT molecular complexity index is 2510. The molecule has 4 heterocycles. The smallest absolute Gasteiger partial charge is 0.293 e. The molecule has 0 saturated carbocycles. The molecule has 2 fully saturated rings. The van der Waals surface area contributed by atoms with Crippen LogP contribution in [0.15, 0.2) is 95.7 Å². The van der Waals surface area contributed by atoms with Crippen LogP contribution in [0.3, 0.4) is 0 Å². The van der Waals surface area contributed by atoms with Crippen LogP contribution in [0.2, 0.25) is 5.02 Å². The SMILES string of the molecule is CC1(C)CCC(CN2CCN(c3ccc(C(O)NS(=O)(=O)c4ccc(NCC5CCOCC5)c([N+](=O)[O-])c4)c(Oc4cnc5[nH]ccc5c4)c3)CC2)=C(c2ccc(Cl)cc2)C1. The van der Waals surface area contributed by atoms with E-state index >= 15 is 0 Å². The lowest BCUT2D eigenvalue weighted by atomic mass is 9.72. The van der Waals surface area contributed by atoms with Crippen molar-refractivity contribution >= 4 is 55.3 Å². The van der Waals surface area contributed by atoms with E-state index in [1.54, 1.807) is 30.6 Å². The standard InChI is InChI=1S/C45H52ClN7O7S/c1-45(2)15-11-33(39(26-45)31-3-5-34(46)6-4-31)29-51-17-19-52(20-18-51)35-7-9-38(42(24-35)60-36-23-32-12-16-47-43(32)49-28-36)44(54)50-61(57,58)37-8-10-40(41(25-37)53(55)56)48-27-30-13-21-59-22-14-30/h3-10,12,16,23-25,28,30,44,48,50,54H,11,13-15,17-22,26-27,29H2,1-2H3,(H,47,49). The lowest BCUT2D eigenvalue weighted by Gasteiger charge is -2.39. The molecule has 1 atom stereocenters. The van der Waals surface area contributed by atoms with E-state index in [9.17, 15) is 23.6 Å². The molecule has 61 heavy (non-hydrogen) atoms. The highest BCUT2D eigenvalue weighted by molar-refractivity contribution is 7.89. The lowest BCUT2D eigenvalue weighted by molar-refractivity contribution is -0.384. The second-order valence-electron chi connectivity index (χ2n) is 17.0. The van der Waals surface area contributed by atoms with E-state index in [0.717, 1.165) is 87.0 Å². The van der Waals surface area contributed by atoms with Crippen LogP contribution in [0.25, 0.3) is 16.6 Å². The topological polar surface area (TPSA) is 175 Å². The first-order valence-electron chi connectivity index (χ1n) is 20.8. The number of fused-ring (bicyclic) bond motifs is 1. The molecule has 0 amide bonds. The normalized spacial score (nSPS) is 18.3. The summed E-state index contributed by atoms with van der Waals surface area (Å²) in [5.41, 5.74) is 5.89. The summed E-state index contributed by atoms with van der Waals surface area (Å²) in [4.78, 5) is 23.4. The van der Waals surface area contributed by atoms with Crippen molar-refractivity contribution in [1.82, 2.24) is 19.6 Å². The van der Waals surface area contributed by atoms with Gasteiger partial charge in [-0.15, -0.1) is 0 Å². The molecule has 0 radical (unpaired) electrons. The van der Waals surface area contributed by atoms with E-state index in [2.05, 4.69) is 55.8 Å². The molecule has 2 saturated heterocycles. The Balaban J connectivity index is 1.00. The number of pyridine rings is 1. The maximum atomic E-state index is 13.7. The zero-order chi connectivity index (χ0) is 42.7. The summed E-state index contributed by atoms with van der Waals surface area (Å²) in [6, 6.07) is 20.8. The highest BCUT2D eigenvalue weighted by atomic mass is 35.5. The fourth-order valence-electron chi connectivity index (χ4n) is 8.50. The third-order valence-electron chi connectivity index (χ3n) is 12.1. The predicted molar refractivity (Wildman–Crippen MR) is 238 cm³/mol. The van der Waals surface area contributed by atoms with Crippen LogP contribution in [-0.4, -0.2) is 85.8 Å². The molecule has 0 spiro atoms. The monoisotopic (exact) mass is 869 g/mol. The van der Waals surface area contributed by atoms with Crippen molar-refractivity contribution in [3.63, 3.8) is 0 Å². The molecule has 8 rings (SSSR count). The summed E-state index contributed by atoms with van der Waals surface area (Å²) in [6.07, 6.45) is 6.46. The first-order valence-corrected chi connectivity index (χ1v) is 22.7. The van der Waals surface area contributed by atoms with E-state index in [1.165, 1.54) is 28.8 Å². The number of anilines is 2. The molecular formula is C45H52ClN7O7S. The largest absolute Gasteiger partial charge is 0.455 e. The molecule has 0 bridgehead atoms. The van der Waals surface area contributed by atoms with E-state index in [-0.39, 0.29) is 38.9 Å². The van der Waals surface area contributed by atoms with Crippen molar-refractivity contribution in [3.8, 4) is 11.5 Å². The van der Waals surface area contributed by atoms with Gasteiger partial charge in [-0.25, -0.2) is 13.4 Å². The van der Waals surface area contributed by atoms with E-state index in [4.69, 9.17) is 21.1 Å². The zero-order valence-corrected chi connectivity index (χ0v) is 36.0.